The number of oxazole rings is 1. The van der Waals surface area contributed by atoms with Crippen molar-refractivity contribution in [3.8, 4) is 5.75 Å². The highest BCUT2D eigenvalue weighted by molar-refractivity contribution is 5.95. The van der Waals surface area contributed by atoms with Gasteiger partial charge < -0.3 is 40.0 Å². The zero-order valence-electron chi connectivity index (χ0n) is 28.2. The number of pyridine rings is 1. The molecule has 0 radical (unpaired) electrons. The normalized spacial score (nSPS) is 22.1. The largest absolute Gasteiger partial charge is 0.486 e. The van der Waals surface area contributed by atoms with E-state index < -0.39 is 6.10 Å². The fraction of sp³-hybridized carbons (Fsp3) is 0.568. The van der Waals surface area contributed by atoms with Gasteiger partial charge in [-0.05, 0) is 92.7 Å². The van der Waals surface area contributed by atoms with Gasteiger partial charge in [-0.3, -0.25) is 9.59 Å². The molecule has 2 atom stereocenters. The summed E-state index contributed by atoms with van der Waals surface area (Å²) in [5, 5.41) is 21.2. The molecule has 2 aliphatic heterocycles. The lowest BCUT2D eigenvalue weighted by Crippen LogP contribution is -2.50. The first-order chi connectivity index (χ1) is 23.8. The highest BCUT2D eigenvalue weighted by atomic mass is 16.5. The van der Waals surface area contributed by atoms with Crippen LogP contribution in [0.25, 0.3) is 0 Å². The summed E-state index contributed by atoms with van der Waals surface area (Å²) in [6.45, 7) is 5.62. The number of nitrogens with zero attached hydrogens (tertiary/aromatic N) is 4. The Kier molecular flexibility index (Phi) is 8.69. The van der Waals surface area contributed by atoms with Gasteiger partial charge >= 0.3 is 0 Å². The van der Waals surface area contributed by atoms with Gasteiger partial charge in [0.1, 0.15) is 24.0 Å². The highest BCUT2D eigenvalue weighted by Gasteiger charge is 2.48. The Labute approximate surface area is 287 Å². The molecule has 1 spiro atoms. The molecule has 1 aromatic carbocycles. The van der Waals surface area contributed by atoms with E-state index in [2.05, 4.69) is 25.8 Å². The van der Waals surface area contributed by atoms with Crippen LogP contribution in [0.5, 0.6) is 5.75 Å². The lowest BCUT2D eigenvalue weighted by atomic mass is 9.54. The molecule has 4 N–H and O–H groups in total. The minimum absolute atomic E-state index is 0.122. The van der Waals surface area contributed by atoms with Gasteiger partial charge in [-0.15, -0.1) is 0 Å². The Hall–Kier alpha value is -4.16. The standard InChI is InChI=1S/C37H47N7O5/c1-23-32(49-22-40-23)21-48-29-6-5-25-14-30(38-19-27(25)13-29)31(45)20-39-35(46)26-15-33(41-28-17-37(18-28)7-2-8-37)42-34(16-26)43-9-11-44(12-10-43)36(47)24-3-4-24/h5-6,13,15-16,22,24,28,30-31,38,45H,2-4,7-12,14,17-21H2,1H3,(H,39,46)(H,41,42)/t30-,31?/m0/s1. The number of aryl methyl sites for hydroxylation is 1. The first-order valence-corrected chi connectivity index (χ1v) is 18.0. The number of aliphatic hydroxyl groups is 1. The lowest BCUT2D eigenvalue weighted by molar-refractivity contribution is -0.132. The average molecular weight is 670 g/mol. The van der Waals surface area contributed by atoms with Gasteiger partial charge in [-0.1, -0.05) is 12.5 Å². The number of piperazine rings is 1. The monoisotopic (exact) mass is 669 g/mol. The zero-order chi connectivity index (χ0) is 33.5. The van der Waals surface area contributed by atoms with Crippen LogP contribution in [0.2, 0.25) is 0 Å². The van der Waals surface area contributed by atoms with Gasteiger partial charge in [0.05, 0.1) is 11.8 Å². The number of aromatic nitrogens is 2. The van der Waals surface area contributed by atoms with Crippen LogP contribution >= 0.6 is 0 Å². The van der Waals surface area contributed by atoms with Crippen molar-refractivity contribution < 1.29 is 23.8 Å². The summed E-state index contributed by atoms with van der Waals surface area (Å²) >= 11 is 0. The maximum Gasteiger partial charge on any atom is 0.251 e. The van der Waals surface area contributed by atoms with Gasteiger partial charge in [0, 0.05) is 62.8 Å². The van der Waals surface area contributed by atoms with Crippen LogP contribution in [-0.4, -0.2) is 82.7 Å². The molecule has 3 aliphatic carbocycles. The van der Waals surface area contributed by atoms with Crippen LogP contribution in [0.3, 0.4) is 0 Å². The number of hydrogen-bond donors (Lipinski definition) is 4. The number of fused-ring (bicyclic) bond motifs is 1. The summed E-state index contributed by atoms with van der Waals surface area (Å²) in [6, 6.07) is 9.85. The Bertz CT molecular complexity index is 1690. The molecule has 8 rings (SSSR count). The van der Waals surface area contributed by atoms with E-state index in [1.54, 1.807) is 0 Å². The van der Waals surface area contributed by atoms with Crippen molar-refractivity contribution in [2.75, 3.05) is 42.9 Å². The average Bonchev–Trinajstić information content (AvgIpc) is 3.86. The molecule has 49 heavy (non-hydrogen) atoms. The first kappa shape index (κ1) is 32.1. The molecule has 1 saturated heterocycles. The van der Waals surface area contributed by atoms with Gasteiger partial charge in [0.2, 0.25) is 5.91 Å². The Morgan fingerprint density at radius 2 is 1.94 bits per heavy atom. The molecular formula is C37H47N7O5. The Balaban J connectivity index is 0.886. The van der Waals surface area contributed by atoms with Gasteiger partial charge in [0.25, 0.3) is 5.91 Å². The third kappa shape index (κ3) is 6.98. The number of nitrogens with one attached hydrogen (secondary N) is 3. The molecule has 4 heterocycles. The van der Waals surface area contributed by atoms with E-state index in [9.17, 15) is 14.7 Å². The number of aliphatic hydroxyl groups excluding tert-OH is 1. The number of amides is 2. The quantitative estimate of drug-likeness (QED) is 0.239. The topological polar surface area (TPSA) is 145 Å². The first-order valence-electron chi connectivity index (χ1n) is 18.0. The van der Waals surface area contributed by atoms with E-state index in [4.69, 9.17) is 14.1 Å². The van der Waals surface area contributed by atoms with Crippen molar-refractivity contribution in [3.63, 3.8) is 0 Å². The van der Waals surface area contributed by atoms with Crippen LogP contribution in [-0.2, 0) is 24.4 Å². The van der Waals surface area contributed by atoms with Crippen LogP contribution in [0.4, 0.5) is 11.6 Å². The molecular weight excluding hydrogens is 622 g/mol. The van der Waals surface area contributed by atoms with Crippen molar-refractivity contribution in [1.29, 1.82) is 0 Å². The highest BCUT2D eigenvalue weighted by Crippen LogP contribution is 2.56. The molecule has 12 heteroatoms. The second-order valence-electron chi connectivity index (χ2n) is 14.8. The second kappa shape index (κ2) is 13.3. The van der Waals surface area contributed by atoms with Crippen molar-refractivity contribution in [2.45, 2.75) is 89.6 Å². The van der Waals surface area contributed by atoms with Gasteiger partial charge in [-0.2, -0.15) is 0 Å². The van der Waals surface area contributed by atoms with Gasteiger partial charge in [-0.25, -0.2) is 9.97 Å². The summed E-state index contributed by atoms with van der Waals surface area (Å²) in [4.78, 5) is 39.4. The zero-order valence-corrected chi connectivity index (χ0v) is 28.2. The fourth-order valence-electron chi connectivity index (χ4n) is 7.94. The summed E-state index contributed by atoms with van der Waals surface area (Å²) in [7, 11) is 0. The molecule has 3 aromatic rings. The molecule has 12 nitrogen and oxygen atoms in total. The number of benzene rings is 1. The molecule has 2 amide bonds. The van der Waals surface area contributed by atoms with Crippen molar-refractivity contribution in [2.24, 2.45) is 11.3 Å². The number of anilines is 2. The minimum Gasteiger partial charge on any atom is -0.486 e. The molecule has 260 valence electrons. The van der Waals surface area contributed by atoms with Crippen LogP contribution in [0.15, 0.2) is 41.1 Å². The minimum atomic E-state index is -0.771. The van der Waals surface area contributed by atoms with Crippen molar-refractivity contribution in [1.82, 2.24) is 25.5 Å². The smallest absolute Gasteiger partial charge is 0.251 e. The third-order valence-corrected chi connectivity index (χ3v) is 11.4. The Morgan fingerprint density at radius 1 is 1.12 bits per heavy atom. The van der Waals surface area contributed by atoms with E-state index in [0.717, 1.165) is 54.1 Å². The molecule has 3 saturated carbocycles. The number of ether oxygens (including phenoxy) is 1. The molecule has 0 bridgehead atoms. The summed E-state index contributed by atoms with van der Waals surface area (Å²) < 4.78 is 11.3. The van der Waals surface area contributed by atoms with E-state index >= 15 is 0 Å². The number of rotatable bonds is 11. The van der Waals surface area contributed by atoms with E-state index in [1.807, 2.05) is 42.2 Å². The molecule has 2 aromatic heterocycles. The van der Waals surface area contributed by atoms with E-state index in [-0.39, 0.29) is 30.3 Å². The molecule has 1 unspecified atom stereocenters. The second-order valence-corrected chi connectivity index (χ2v) is 14.8. The van der Waals surface area contributed by atoms with Crippen LogP contribution in [0, 0.1) is 18.3 Å². The molecule has 5 aliphatic rings. The van der Waals surface area contributed by atoms with E-state index in [0.29, 0.717) is 74.3 Å². The van der Waals surface area contributed by atoms with Crippen molar-refractivity contribution >= 4 is 23.5 Å². The SMILES string of the molecule is Cc1ncoc1COc1ccc2c(c1)CN[C@H](C(O)CNC(=O)c1cc(NC3CC4(CCC4)C3)nc(N3CCN(C(=O)C4CC4)CC3)c1)C2. The predicted molar refractivity (Wildman–Crippen MR) is 183 cm³/mol. The number of carbonyl (C=O) groups excluding carboxylic acids is 2. The third-order valence-electron chi connectivity index (χ3n) is 11.4. The number of carbonyl (C=O) groups is 2. The van der Waals surface area contributed by atoms with E-state index in [1.165, 1.54) is 25.7 Å². The lowest BCUT2D eigenvalue weighted by Gasteiger charge is -2.54. The van der Waals surface area contributed by atoms with Gasteiger partial charge in [0.15, 0.2) is 12.2 Å². The number of hydrogen-bond acceptors (Lipinski definition) is 10. The van der Waals surface area contributed by atoms with Crippen molar-refractivity contribution in [3.05, 3.63) is 64.9 Å². The summed E-state index contributed by atoms with van der Waals surface area (Å²) in [6.07, 6.45) is 9.59. The summed E-state index contributed by atoms with van der Waals surface area (Å²) in [5.41, 5.74) is 4.12. The summed E-state index contributed by atoms with van der Waals surface area (Å²) in [5.74, 6) is 3.17. The maximum atomic E-state index is 13.6. The predicted octanol–water partition coefficient (Wildman–Crippen LogP) is 3.57. The molecule has 4 fully saturated rings. The van der Waals surface area contributed by atoms with Crippen LogP contribution in [0.1, 0.15) is 77.9 Å². The fourth-order valence-corrected chi connectivity index (χ4v) is 7.94. The maximum absolute atomic E-state index is 13.6. The Morgan fingerprint density at radius 3 is 2.65 bits per heavy atom. The van der Waals surface area contributed by atoms with Crippen LogP contribution < -0.4 is 25.6 Å².